The van der Waals surface area contributed by atoms with Crippen LogP contribution in [0.4, 0.5) is 0 Å². The Morgan fingerprint density at radius 2 is 2.00 bits per heavy atom. The Bertz CT molecular complexity index is 1320. The van der Waals surface area contributed by atoms with Gasteiger partial charge in [-0.2, -0.15) is 0 Å². The van der Waals surface area contributed by atoms with Gasteiger partial charge < -0.3 is 19.5 Å². The van der Waals surface area contributed by atoms with Crippen LogP contribution in [0.15, 0.2) is 54.1 Å². The van der Waals surface area contributed by atoms with E-state index in [2.05, 4.69) is 23.8 Å². The number of pyridine rings is 1. The minimum absolute atomic E-state index is 0.0218. The van der Waals surface area contributed by atoms with E-state index in [4.69, 9.17) is 9.47 Å². The number of rotatable bonds is 9. The quantitative estimate of drug-likeness (QED) is 0.408. The summed E-state index contributed by atoms with van der Waals surface area (Å²) >= 11 is 1.24. The number of ketones is 1. The third-order valence-corrected chi connectivity index (χ3v) is 6.88. The molecule has 1 aliphatic rings. The number of hydrogen-bond acceptors (Lipinski definition) is 8. The molecule has 188 valence electrons. The SMILES string of the molecule is COc1cc(C2C(C(=O)c3sc(C)nc3C)=C(O)C(=O)N2Cc2cccnc2)ccc1OCC(C)C. The Kier molecular flexibility index (Phi) is 7.40. The predicted molar refractivity (Wildman–Crippen MR) is 136 cm³/mol. The first-order chi connectivity index (χ1) is 17.2. The lowest BCUT2D eigenvalue weighted by Gasteiger charge is -2.27. The molecular weight excluding hydrogens is 478 g/mol. The average molecular weight is 508 g/mol. The summed E-state index contributed by atoms with van der Waals surface area (Å²) < 4.78 is 11.5. The zero-order valence-electron chi connectivity index (χ0n) is 20.9. The number of methoxy groups -OCH3 is 1. The molecule has 3 heterocycles. The zero-order chi connectivity index (χ0) is 26.0. The van der Waals surface area contributed by atoms with E-state index in [9.17, 15) is 14.7 Å². The maximum atomic E-state index is 13.7. The van der Waals surface area contributed by atoms with Crippen LogP contribution in [-0.2, 0) is 11.3 Å². The Labute approximate surface area is 214 Å². The lowest BCUT2D eigenvalue weighted by molar-refractivity contribution is -0.130. The number of thiazole rings is 1. The summed E-state index contributed by atoms with van der Waals surface area (Å²) in [5, 5.41) is 11.7. The monoisotopic (exact) mass is 507 g/mol. The van der Waals surface area contributed by atoms with Gasteiger partial charge in [-0.3, -0.25) is 14.6 Å². The van der Waals surface area contributed by atoms with Gasteiger partial charge in [-0.1, -0.05) is 26.0 Å². The van der Waals surface area contributed by atoms with E-state index in [1.807, 2.05) is 13.0 Å². The fourth-order valence-electron chi connectivity index (χ4n) is 4.18. The van der Waals surface area contributed by atoms with Crippen LogP contribution >= 0.6 is 11.3 Å². The number of aryl methyl sites for hydroxylation is 2. The van der Waals surface area contributed by atoms with Crippen molar-refractivity contribution >= 4 is 23.0 Å². The molecule has 0 saturated carbocycles. The fraction of sp³-hybridized carbons (Fsp3) is 0.333. The number of carbonyl (C=O) groups excluding carboxylic acids is 2. The molecular formula is C27H29N3O5S. The van der Waals surface area contributed by atoms with Crippen LogP contribution in [0.2, 0.25) is 0 Å². The molecule has 2 aromatic heterocycles. The van der Waals surface area contributed by atoms with Gasteiger partial charge in [0.25, 0.3) is 5.91 Å². The van der Waals surface area contributed by atoms with Crippen molar-refractivity contribution in [2.75, 3.05) is 13.7 Å². The molecule has 9 heteroatoms. The number of aliphatic hydroxyl groups is 1. The highest BCUT2D eigenvalue weighted by Crippen LogP contribution is 2.43. The van der Waals surface area contributed by atoms with Gasteiger partial charge in [-0.05, 0) is 49.1 Å². The molecule has 4 rings (SSSR count). The van der Waals surface area contributed by atoms with Crippen molar-refractivity contribution < 1.29 is 24.2 Å². The normalized spacial score (nSPS) is 15.7. The second-order valence-corrected chi connectivity index (χ2v) is 10.3. The van der Waals surface area contributed by atoms with Crippen LogP contribution in [-0.4, -0.2) is 45.4 Å². The third-order valence-electron chi connectivity index (χ3n) is 5.81. The second-order valence-electron chi connectivity index (χ2n) is 9.05. The number of ether oxygens (including phenoxy) is 2. The van der Waals surface area contributed by atoms with Gasteiger partial charge in [0.1, 0.15) is 0 Å². The van der Waals surface area contributed by atoms with Gasteiger partial charge in [-0.25, -0.2) is 4.98 Å². The van der Waals surface area contributed by atoms with E-state index in [0.29, 0.717) is 40.2 Å². The highest BCUT2D eigenvalue weighted by molar-refractivity contribution is 7.14. The Balaban J connectivity index is 1.81. The molecule has 0 aliphatic carbocycles. The molecule has 0 fully saturated rings. The number of hydrogen-bond donors (Lipinski definition) is 1. The van der Waals surface area contributed by atoms with E-state index in [1.54, 1.807) is 43.6 Å². The largest absolute Gasteiger partial charge is 0.503 e. The molecule has 1 amide bonds. The highest BCUT2D eigenvalue weighted by atomic mass is 32.1. The molecule has 0 spiro atoms. The number of aliphatic hydroxyl groups excluding tert-OH is 1. The predicted octanol–water partition coefficient (Wildman–Crippen LogP) is 4.98. The van der Waals surface area contributed by atoms with Crippen LogP contribution in [0.3, 0.4) is 0 Å². The first-order valence-corrected chi connectivity index (χ1v) is 12.4. The summed E-state index contributed by atoms with van der Waals surface area (Å²) in [6.07, 6.45) is 3.30. The van der Waals surface area contributed by atoms with Crippen LogP contribution in [0.1, 0.15) is 51.4 Å². The number of aromatic nitrogens is 2. The molecule has 0 bridgehead atoms. The van der Waals surface area contributed by atoms with E-state index < -0.39 is 23.5 Å². The summed E-state index contributed by atoms with van der Waals surface area (Å²) in [5.41, 5.74) is 1.97. The summed E-state index contributed by atoms with van der Waals surface area (Å²) in [6.45, 7) is 8.34. The topological polar surface area (TPSA) is 102 Å². The first kappa shape index (κ1) is 25.4. The van der Waals surface area contributed by atoms with Crippen molar-refractivity contribution in [3.05, 3.63) is 80.8 Å². The molecule has 0 saturated heterocycles. The highest BCUT2D eigenvalue weighted by Gasteiger charge is 2.44. The summed E-state index contributed by atoms with van der Waals surface area (Å²) in [7, 11) is 1.54. The Morgan fingerprint density at radius 3 is 2.61 bits per heavy atom. The van der Waals surface area contributed by atoms with Crippen molar-refractivity contribution in [3.63, 3.8) is 0 Å². The zero-order valence-corrected chi connectivity index (χ0v) is 21.8. The molecule has 1 atom stereocenters. The first-order valence-electron chi connectivity index (χ1n) is 11.6. The minimum atomic E-state index is -0.833. The van der Waals surface area contributed by atoms with Gasteiger partial charge >= 0.3 is 0 Å². The summed E-state index contributed by atoms with van der Waals surface area (Å²) in [5.74, 6) is -0.226. The van der Waals surface area contributed by atoms with Crippen LogP contribution in [0, 0.1) is 19.8 Å². The van der Waals surface area contributed by atoms with Crippen molar-refractivity contribution in [2.24, 2.45) is 5.92 Å². The standard InChI is InChI=1S/C27H29N3O5S/c1-15(2)14-35-20-9-8-19(11-21(20)34-5)23-22(24(31)26-16(3)29-17(4)36-26)25(32)27(33)30(23)13-18-7-6-10-28-12-18/h6-12,15,23,32H,13-14H2,1-5H3. The van der Waals surface area contributed by atoms with E-state index in [0.717, 1.165) is 10.6 Å². The van der Waals surface area contributed by atoms with E-state index in [-0.39, 0.29) is 12.1 Å². The molecule has 1 aromatic carbocycles. The summed E-state index contributed by atoms with van der Waals surface area (Å²) in [4.78, 5) is 37.4. The Morgan fingerprint density at radius 1 is 1.22 bits per heavy atom. The molecule has 36 heavy (non-hydrogen) atoms. The van der Waals surface area contributed by atoms with Crippen molar-refractivity contribution in [2.45, 2.75) is 40.3 Å². The Hall–Kier alpha value is -3.72. The molecule has 1 N–H and O–H groups in total. The average Bonchev–Trinajstić information content (AvgIpc) is 3.33. The van der Waals surface area contributed by atoms with E-state index in [1.165, 1.54) is 23.3 Å². The van der Waals surface area contributed by atoms with Gasteiger partial charge in [0, 0.05) is 18.9 Å². The number of carbonyl (C=O) groups is 2. The minimum Gasteiger partial charge on any atom is -0.503 e. The van der Waals surface area contributed by atoms with Crippen LogP contribution in [0.25, 0.3) is 0 Å². The number of benzene rings is 1. The van der Waals surface area contributed by atoms with Crippen molar-refractivity contribution in [1.82, 2.24) is 14.9 Å². The van der Waals surface area contributed by atoms with Crippen molar-refractivity contribution in [3.8, 4) is 11.5 Å². The maximum Gasteiger partial charge on any atom is 0.290 e. The van der Waals surface area contributed by atoms with Gasteiger partial charge in [0.15, 0.2) is 17.3 Å². The fourth-order valence-corrected chi connectivity index (χ4v) is 5.05. The van der Waals surface area contributed by atoms with E-state index >= 15 is 0 Å². The lowest BCUT2D eigenvalue weighted by atomic mass is 9.94. The molecule has 0 radical (unpaired) electrons. The third kappa shape index (κ3) is 4.97. The molecule has 1 unspecified atom stereocenters. The van der Waals surface area contributed by atoms with Gasteiger partial charge in [0.2, 0.25) is 5.78 Å². The number of Topliss-reactive ketones (excluding diaryl/α,β-unsaturated/α-hetero) is 1. The van der Waals surface area contributed by atoms with Crippen molar-refractivity contribution in [1.29, 1.82) is 0 Å². The molecule has 8 nitrogen and oxygen atoms in total. The molecule has 1 aliphatic heterocycles. The number of amides is 1. The smallest absolute Gasteiger partial charge is 0.290 e. The lowest BCUT2D eigenvalue weighted by Crippen LogP contribution is -2.30. The van der Waals surface area contributed by atoms with Gasteiger partial charge in [-0.15, -0.1) is 11.3 Å². The van der Waals surface area contributed by atoms with Gasteiger partial charge in [0.05, 0.1) is 40.9 Å². The maximum absolute atomic E-state index is 13.7. The van der Waals surface area contributed by atoms with Crippen LogP contribution < -0.4 is 9.47 Å². The number of nitrogens with zero attached hydrogens (tertiary/aromatic N) is 3. The summed E-state index contributed by atoms with van der Waals surface area (Å²) in [6, 6.07) is 8.10. The molecule has 3 aromatic rings. The van der Waals surface area contributed by atoms with Crippen LogP contribution in [0.5, 0.6) is 11.5 Å². The second kappa shape index (κ2) is 10.5.